The van der Waals surface area contributed by atoms with E-state index in [1.54, 1.807) is 11.7 Å². The summed E-state index contributed by atoms with van der Waals surface area (Å²) in [5.41, 5.74) is 1.65. The molecular weight excluding hydrogens is 385 g/mol. The number of ether oxygens (including phenoxy) is 1. The molecule has 0 saturated heterocycles. The van der Waals surface area contributed by atoms with Gasteiger partial charge in [-0.2, -0.15) is 13.2 Å². The zero-order valence-electron chi connectivity index (χ0n) is 16.5. The van der Waals surface area contributed by atoms with Gasteiger partial charge in [-0.05, 0) is 37.1 Å². The van der Waals surface area contributed by atoms with Crippen molar-refractivity contribution in [2.75, 3.05) is 13.7 Å². The van der Waals surface area contributed by atoms with Crippen LogP contribution in [0.15, 0.2) is 30.3 Å². The van der Waals surface area contributed by atoms with Gasteiger partial charge in [-0.15, -0.1) is 5.10 Å². The topological polar surface area (TPSA) is 60.2 Å². The third-order valence-corrected chi connectivity index (χ3v) is 4.58. The van der Waals surface area contributed by atoms with E-state index in [0.29, 0.717) is 11.0 Å². The van der Waals surface area contributed by atoms with E-state index in [1.807, 2.05) is 19.9 Å². The Morgan fingerprint density at radius 3 is 2.62 bits per heavy atom. The molecule has 0 saturated carbocycles. The molecule has 3 aromatic rings. The van der Waals surface area contributed by atoms with Gasteiger partial charge < -0.3 is 9.64 Å². The van der Waals surface area contributed by atoms with Crippen LogP contribution >= 0.6 is 0 Å². The van der Waals surface area contributed by atoms with Gasteiger partial charge in [0.1, 0.15) is 0 Å². The van der Waals surface area contributed by atoms with Gasteiger partial charge in [0.15, 0.2) is 12.3 Å². The molecule has 1 amide bonds. The lowest BCUT2D eigenvalue weighted by Crippen LogP contribution is -2.31. The number of rotatable bonds is 5. The number of pyridine rings is 1. The molecule has 0 fully saturated rings. The Morgan fingerprint density at radius 1 is 1.24 bits per heavy atom. The number of benzene rings is 1. The fraction of sp³-hybridized carbons (Fsp3) is 0.350. The van der Waals surface area contributed by atoms with Gasteiger partial charge in [0.2, 0.25) is 5.88 Å². The molecule has 0 aliphatic carbocycles. The molecule has 2 aromatic heterocycles. The second-order valence-electron chi connectivity index (χ2n) is 6.90. The fourth-order valence-corrected chi connectivity index (χ4v) is 3.17. The van der Waals surface area contributed by atoms with Crippen molar-refractivity contribution in [3.63, 3.8) is 0 Å². The number of amides is 1. The first-order valence-electron chi connectivity index (χ1n) is 8.90. The summed E-state index contributed by atoms with van der Waals surface area (Å²) in [5.74, 6) is -0.191. The van der Waals surface area contributed by atoms with Crippen molar-refractivity contribution >= 4 is 16.9 Å². The van der Waals surface area contributed by atoms with E-state index < -0.39 is 17.6 Å². The van der Waals surface area contributed by atoms with Crippen LogP contribution in [0.3, 0.4) is 0 Å². The fourth-order valence-electron chi connectivity index (χ4n) is 3.17. The second kappa shape index (κ2) is 7.73. The number of halogens is 3. The second-order valence-corrected chi connectivity index (χ2v) is 6.90. The van der Waals surface area contributed by atoms with Gasteiger partial charge in [0.25, 0.3) is 5.91 Å². The molecule has 0 aliphatic rings. The van der Waals surface area contributed by atoms with E-state index in [9.17, 15) is 18.0 Å². The van der Waals surface area contributed by atoms with Gasteiger partial charge in [-0.3, -0.25) is 4.79 Å². The first kappa shape index (κ1) is 20.6. The van der Waals surface area contributed by atoms with E-state index in [2.05, 4.69) is 10.1 Å². The molecule has 9 heteroatoms. The molecule has 0 N–H and O–H groups in total. The van der Waals surface area contributed by atoms with Crippen molar-refractivity contribution in [1.82, 2.24) is 19.7 Å². The Hall–Kier alpha value is -3.10. The minimum absolute atomic E-state index is 0.0228. The van der Waals surface area contributed by atoms with E-state index >= 15 is 0 Å². The van der Waals surface area contributed by atoms with Crippen molar-refractivity contribution in [2.45, 2.75) is 26.6 Å². The lowest BCUT2D eigenvalue weighted by Gasteiger charge is -2.20. The Kier molecular flexibility index (Phi) is 5.50. The molecule has 6 nitrogen and oxygen atoms in total. The number of aromatic nitrogens is 3. The Morgan fingerprint density at radius 2 is 1.93 bits per heavy atom. The smallest absolute Gasteiger partial charge is 0.416 e. The number of carbonyl (C=O) groups excluding carboxylic acids is 1. The highest BCUT2D eigenvalue weighted by Crippen LogP contribution is 2.32. The highest BCUT2D eigenvalue weighted by Gasteiger charge is 2.33. The quantitative estimate of drug-likeness (QED) is 0.649. The number of fused-ring (bicyclic) bond motifs is 1. The van der Waals surface area contributed by atoms with Crippen LogP contribution in [0.2, 0.25) is 0 Å². The lowest BCUT2D eigenvalue weighted by molar-refractivity contribution is -0.140. The standard InChI is InChI=1S/C20H21F3N4O2/c1-12-9-13(2)24-18-17(12)19(25-27(18)4)29-11-16(28)26(3)10-14-7-5-6-8-15(14)20(21,22)23/h5-9H,10-11H2,1-4H3. The number of hydrogen-bond acceptors (Lipinski definition) is 4. The molecule has 3 rings (SSSR count). The average Bonchev–Trinajstić information content (AvgIpc) is 2.95. The van der Waals surface area contributed by atoms with Gasteiger partial charge >= 0.3 is 6.18 Å². The minimum atomic E-state index is -4.48. The number of alkyl halides is 3. The van der Waals surface area contributed by atoms with Crippen LogP contribution in [0.25, 0.3) is 11.0 Å². The number of nitrogens with zero attached hydrogens (tertiary/aromatic N) is 4. The highest BCUT2D eigenvalue weighted by molar-refractivity contribution is 5.85. The summed E-state index contributed by atoms with van der Waals surface area (Å²) in [7, 11) is 3.16. The Balaban J connectivity index is 1.73. The van der Waals surface area contributed by atoms with Crippen LogP contribution in [0, 0.1) is 13.8 Å². The molecule has 1 aromatic carbocycles. The van der Waals surface area contributed by atoms with Crippen molar-refractivity contribution in [3.8, 4) is 5.88 Å². The SMILES string of the molecule is Cc1cc(C)c2c(OCC(=O)N(C)Cc3ccccc3C(F)(F)F)nn(C)c2n1. The first-order valence-corrected chi connectivity index (χ1v) is 8.90. The predicted molar refractivity (Wildman–Crippen MR) is 101 cm³/mol. The minimum Gasteiger partial charge on any atom is -0.466 e. The molecule has 0 aliphatic heterocycles. The van der Waals surface area contributed by atoms with Crippen molar-refractivity contribution in [1.29, 1.82) is 0 Å². The van der Waals surface area contributed by atoms with E-state index in [4.69, 9.17) is 4.74 Å². The zero-order valence-corrected chi connectivity index (χ0v) is 16.5. The summed E-state index contributed by atoms with van der Waals surface area (Å²) < 4.78 is 46.6. The molecule has 0 radical (unpaired) electrons. The maximum atomic E-state index is 13.1. The molecule has 0 bridgehead atoms. The van der Waals surface area contributed by atoms with Crippen LogP contribution in [0.5, 0.6) is 5.88 Å². The number of carbonyl (C=O) groups is 1. The molecule has 154 valence electrons. The summed E-state index contributed by atoms with van der Waals surface area (Å²) in [5, 5.41) is 4.97. The van der Waals surface area contributed by atoms with E-state index in [1.165, 1.54) is 30.1 Å². The molecule has 0 unspecified atom stereocenters. The monoisotopic (exact) mass is 406 g/mol. The molecule has 0 atom stereocenters. The van der Waals surface area contributed by atoms with Crippen LogP contribution in [-0.2, 0) is 24.6 Å². The summed E-state index contributed by atoms with van der Waals surface area (Å²) >= 11 is 0. The van der Waals surface area contributed by atoms with Crippen LogP contribution in [-0.4, -0.2) is 39.2 Å². The van der Waals surface area contributed by atoms with Crippen LogP contribution in [0.4, 0.5) is 13.2 Å². The largest absolute Gasteiger partial charge is 0.466 e. The average molecular weight is 406 g/mol. The predicted octanol–water partition coefficient (Wildman–Crippen LogP) is 3.64. The van der Waals surface area contributed by atoms with Crippen molar-refractivity contribution in [3.05, 3.63) is 52.7 Å². The van der Waals surface area contributed by atoms with E-state index in [0.717, 1.165) is 17.3 Å². The molecule has 29 heavy (non-hydrogen) atoms. The van der Waals surface area contributed by atoms with Crippen LogP contribution in [0.1, 0.15) is 22.4 Å². The maximum Gasteiger partial charge on any atom is 0.416 e. The molecular formula is C20H21F3N4O2. The third kappa shape index (κ3) is 4.33. The number of aryl methyl sites for hydroxylation is 3. The summed E-state index contributed by atoms with van der Waals surface area (Å²) in [6, 6.07) is 7.08. The van der Waals surface area contributed by atoms with Crippen LogP contribution < -0.4 is 4.74 Å². The first-order chi connectivity index (χ1) is 13.6. The van der Waals surface area contributed by atoms with E-state index in [-0.39, 0.29) is 24.6 Å². The Labute approximate surface area is 165 Å². The van der Waals surface area contributed by atoms with Gasteiger partial charge in [-0.25, -0.2) is 9.67 Å². The molecule has 2 heterocycles. The summed E-state index contributed by atoms with van der Waals surface area (Å²) in [4.78, 5) is 18.1. The van der Waals surface area contributed by atoms with Gasteiger partial charge in [-0.1, -0.05) is 18.2 Å². The summed E-state index contributed by atoms with van der Waals surface area (Å²) in [6.07, 6.45) is -4.48. The maximum absolute atomic E-state index is 13.1. The molecule has 0 spiro atoms. The highest BCUT2D eigenvalue weighted by atomic mass is 19.4. The Bertz CT molecular complexity index is 1060. The van der Waals surface area contributed by atoms with Crippen molar-refractivity contribution in [2.24, 2.45) is 7.05 Å². The number of hydrogen-bond donors (Lipinski definition) is 0. The normalized spacial score (nSPS) is 11.7. The lowest BCUT2D eigenvalue weighted by atomic mass is 10.1. The van der Waals surface area contributed by atoms with Gasteiger partial charge in [0.05, 0.1) is 10.9 Å². The van der Waals surface area contributed by atoms with Crippen molar-refractivity contribution < 1.29 is 22.7 Å². The third-order valence-electron chi connectivity index (χ3n) is 4.58. The van der Waals surface area contributed by atoms with Gasteiger partial charge in [0, 0.05) is 26.3 Å². The summed E-state index contributed by atoms with van der Waals surface area (Å²) in [6.45, 7) is 3.25. The zero-order chi connectivity index (χ0) is 21.3. The number of likely N-dealkylation sites (N-methyl/N-ethyl adjacent to an activating group) is 1.